The first-order chi connectivity index (χ1) is 14.4. The van der Waals surface area contributed by atoms with Crippen molar-refractivity contribution in [2.24, 2.45) is 0 Å². The number of aromatic nitrogens is 1. The minimum atomic E-state index is -3.43. The Morgan fingerprint density at radius 1 is 1.13 bits per heavy atom. The lowest BCUT2D eigenvalue weighted by molar-refractivity contribution is -0.115. The summed E-state index contributed by atoms with van der Waals surface area (Å²) in [6.07, 6.45) is 4.50. The predicted molar refractivity (Wildman–Crippen MR) is 121 cm³/mol. The summed E-state index contributed by atoms with van der Waals surface area (Å²) in [5, 5.41) is 3.39. The number of carbonyl (C=O) groups excluding carboxylic acids is 1. The summed E-state index contributed by atoms with van der Waals surface area (Å²) in [5.41, 5.74) is 2.43. The van der Waals surface area contributed by atoms with Crippen molar-refractivity contribution in [3.8, 4) is 0 Å². The van der Waals surface area contributed by atoms with E-state index in [0.29, 0.717) is 22.4 Å². The Kier molecular flexibility index (Phi) is 6.33. The second kappa shape index (κ2) is 8.97. The van der Waals surface area contributed by atoms with Gasteiger partial charge in [0.2, 0.25) is 5.91 Å². The Balaban J connectivity index is 1.35. The number of hydrogen-bond acceptors (Lipinski definition) is 6. The van der Waals surface area contributed by atoms with Gasteiger partial charge in [0.25, 0.3) is 10.0 Å². The molecule has 0 aliphatic carbocycles. The van der Waals surface area contributed by atoms with Crippen molar-refractivity contribution in [3.05, 3.63) is 63.5 Å². The van der Waals surface area contributed by atoms with Crippen LogP contribution in [0.1, 0.15) is 33.7 Å². The van der Waals surface area contributed by atoms with Gasteiger partial charge in [-0.15, -0.1) is 22.7 Å². The molecule has 30 heavy (non-hydrogen) atoms. The van der Waals surface area contributed by atoms with Gasteiger partial charge in [0.05, 0.1) is 6.42 Å². The van der Waals surface area contributed by atoms with Gasteiger partial charge in [0.1, 0.15) is 4.21 Å². The van der Waals surface area contributed by atoms with Crippen LogP contribution < -0.4 is 5.32 Å². The number of anilines is 1. The normalized spacial score (nSPS) is 14.8. The third-order valence-electron chi connectivity index (χ3n) is 4.89. The molecule has 1 fully saturated rings. The van der Waals surface area contributed by atoms with Crippen LogP contribution >= 0.6 is 22.7 Å². The molecule has 0 radical (unpaired) electrons. The SMILES string of the molecule is Cc1cccc(Cc2cnc(NC(=O)Cc3ccc(S(=O)(=O)N4CCCC4)s3)s2)c1. The van der Waals surface area contributed by atoms with E-state index in [9.17, 15) is 13.2 Å². The molecule has 0 saturated carbocycles. The highest BCUT2D eigenvalue weighted by Crippen LogP contribution is 2.28. The van der Waals surface area contributed by atoms with Gasteiger partial charge < -0.3 is 5.32 Å². The van der Waals surface area contributed by atoms with E-state index in [4.69, 9.17) is 0 Å². The van der Waals surface area contributed by atoms with Gasteiger partial charge in [-0.3, -0.25) is 4.79 Å². The van der Waals surface area contributed by atoms with Crippen LogP contribution in [-0.4, -0.2) is 36.7 Å². The summed E-state index contributed by atoms with van der Waals surface area (Å²) in [5.74, 6) is -0.196. The number of thiazole rings is 1. The fraction of sp³-hybridized carbons (Fsp3) is 0.333. The quantitative estimate of drug-likeness (QED) is 0.575. The summed E-state index contributed by atoms with van der Waals surface area (Å²) in [6.45, 7) is 3.21. The maximum atomic E-state index is 12.6. The lowest BCUT2D eigenvalue weighted by Crippen LogP contribution is -2.27. The molecule has 1 amide bonds. The summed E-state index contributed by atoms with van der Waals surface area (Å²) in [6, 6.07) is 11.6. The number of nitrogens with zero attached hydrogens (tertiary/aromatic N) is 2. The lowest BCUT2D eigenvalue weighted by atomic mass is 10.1. The molecule has 1 aromatic carbocycles. The smallest absolute Gasteiger partial charge is 0.252 e. The van der Waals surface area contributed by atoms with Crippen molar-refractivity contribution < 1.29 is 13.2 Å². The zero-order chi connectivity index (χ0) is 21.1. The molecule has 2 aromatic heterocycles. The molecule has 0 unspecified atom stereocenters. The Labute approximate surface area is 184 Å². The first-order valence-corrected chi connectivity index (χ1v) is 12.9. The molecule has 1 aliphatic rings. The van der Waals surface area contributed by atoms with Crippen LogP contribution in [0.2, 0.25) is 0 Å². The molecule has 6 nitrogen and oxygen atoms in total. The van der Waals surface area contributed by atoms with E-state index in [-0.39, 0.29) is 12.3 Å². The van der Waals surface area contributed by atoms with Gasteiger partial charge in [-0.2, -0.15) is 4.31 Å². The lowest BCUT2D eigenvalue weighted by Gasteiger charge is -2.13. The molecular weight excluding hydrogens is 438 g/mol. The highest BCUT2D eigenvalue weighted by molar-refractivity contribution is 7.91. The number of aryl methyl sites for hydroxylation is 1. The van der Waals surface area contributed by atoms with Gasteiger partial charge in [0, 0.05) is 35.5 Å². The first-order valence-electron chi connectivity index (χ1n) is 9.79. The molecule has 3 aromatic rings. The molecule has 0 bridgehead atoms. The molecule has 1 N–H and O–H groups in total. The average Bonchev–Trinajstić information content (AvgIpc) is 3.44. The molecule has 4 rings (SSSR count). The number of rotatable bonds is 7. The van der Waals surface area contributed by atoms with Gasteiger partial charge in [0.15, 0.2) is 5.13 Å². The van der Waals surface area contributed by atoms with E-state index in [1.807, 2.05) is 6.07 Å². The molecule has 9 heteroatoms. The second-order valence-electron chi connectivity index (χ2n) is 7.35. The highest BCUT2D eigenvalue weighted by Gasteiger charge is 2.28. The van der Waals surface area contributed by atoms with Crippen molar-refractivity contribution in [2.75, 3.05) is 18.4 Å². The van der Waals surface area contributed by atoms with Crippen molar-refractivity contribution in [3.63, 3.8) is 0 Å². The van der Waals surface area contributed by atoms with Gasteiger partial charge >= 0.3 is 0 Å². The average molecular weight is 462 g/mol. The minimum absolute atomic E-state index is 0.132. The van der Waals surface area contributed by atoms with E-state index in [1.165, 1.54) is 38.1 Å². The summed E-state index contributed by atoms with van der Waals surface area (Å²) in [7, 11) is -3.43. The van der Waals surface area contributed by atoms with Gasteiger partial charge in [-0.25, -0.2) is 13.4 Å². The summed E-state index contributed by atoms with van der Waals surface area (Å²) in [4.78, 5) is 18.5. The maximum absolute atomic E-state index is 12.6. The number of thiophene rings is 1. The largest absolute Gasteiger partial charge is 0.302 e. The Bertz CT molecular complexity index is 1140. The van der Waals surface area contributed by atoms with E-state index in [0.717, 1.165) is 29.0 Å². The number of benzene rings is 1. The van der Waals surface area contributed by atoms with E-state index < -0.39 is 10.0 Å². The zero-order valence-corrected chi connectivity index (χ0v) is 19.1. The van der Waals surface area contributed by atoms with Crippen LogP contribution in [0, 0.1) is 6.92 Å². The number of hydrogen-bond donors (Lipinski definition) is 1. The third-order valence-corrected chi connectivity index (χ3v) is 9.26. The highest BCUT2D eigenvalue weighted by atomic mass is 32.2. The van der Waals surface area contributed by atoms with Crippen LogP contribution in [0.15, 0.2) is 46.8 Å². The van der Waals surface area contributed by atoms with Crippen LogP contribution in [0.25, 0.3) is 0 Å². The van der Waals surface area contributed by atoms with E-state index in [1.54, 1.807) is 18.3 Å². The van der Waals surface area contributed by atoms with Crippen molar-refractivity contribution in [1.29, 1.82) is 0 Å². The van der Waals surface area contributed by atoms with Gasteiger partial charge in [-0.05, 0) is 37.5 Å². The summed E-state index contributed by atoms with van der Waals surface area (Å²) >= 11 is 2.62. The number of sulfonamides is 1. The number of nitrogens with one attached hydrogen (secondary N) is 1. The first kappa shape index (κ1) is 21.2. The number of amides is 1. The zero-order valence-electron chi connectivity index (χ0n) is 16.6. The molecule has 0 spiro atoms. The van der Waals surface area contributed by atoms with Crippen LogP contribution in [0.5, 0.6) is 0 Å². The summed E-state index contributed by atoms with van der Waals surface area (Å²) < 4.78 is 27.1. The van der Waals surface area contributed by atoms with Crippen molar-refractivity contribution in [1.82, 2.24) is 9.29 Å². The topological polar surface area (TPSA) is 79.4 Å². The Morgan fingerprint density at radius 3 is 2.70 bits per heavy atom. The fourth-order valence-electron chi connectivity index (χ4n) is 3.44. The predicted octanol–water partition coefficient (Wildman–Crippen LogP) is 4.07. The van der Waals surface area contributed by atoms with Gasteiger partial charge in [-0.1, -0.05) is 29.8 Å². The van der Waals surface area contributed by atoms with Crippen molar-refractivity contribution in [2.45, 2.75) is 36.8 Å². The standard InChI is InChI=1S/C21H23N3O3S3/c1-15-5-4-6-16(11-15)12-18-14-22-21(29-18)23-19(25)13-17-7-8-20(28-17)30(26,27)24-9-2-3-10-24/h4-8,11,14H,2-3,9-10,12-13H2,1H3,(H,22,23,25). The van der Waals surface area contributed by atoms with Crippen molar-refractivity contribution >= 4 is 43.7 Å². The van der Waals surface area contributed by atoms with Crippen LogP contribution in [0.3, 0.4) is 0 Å². The van der Waals surface area contributed by atoms with Crippen LogP contribution in [-0.2, 0) is 27.7 Å². The third kappa shape index (κ3) is 4.97. The molecular formula is C21H23N3O3S3. The molecule has 158 valence electrons. The molecule has 0 atom stereocenters. The second-order valence-corrected chi connectivity index (χ2v) is 11.8. The van der Waals surface area contributed by atoms with E-state index >= 15 is 0 Å². The number of carbonyl (C=O) groups is 1. The minimum Gasteiger partial charge on any atom is -0.302 e. The Hall–Kier alpha value is -2.07. The molecule has 1 aliphatic heterocycles. The maximum Gasteiger partial charge on any atom is 0.252 e. The fourth-order valence-corrected chi connectivity index (χ4v) is 7.33. The van der Waals surface area contributed by atoms with E-state index in [2.05, 4.69) is 35.4 Å². The molecule has 3 heterocycles. The monoisotopic (exact) mass is 461 g/mol. The molecule has 1 saturated heterocycles. The Morgan fingerprint density at radius 2 is 1.93 bits per heavy atom. The van der Waals surface area contributed by atoms with Crippen LogP contribution in [0.4, 0.5) is 5.13 Å².